The van der Waals surface area contributed by atoms with Crippen LogP contribution in [0.2, 0.25) is 0 Å². The number of anilines is 3. The second-order valence-electron chi connectivity index (χ2n) is 6.96. The molecule has 0 N–H and O–H groups in total. The van der Waals surface area contributed by atoms with E-state index in [0.717, 1.165) is 32.0 Å². The number of piperazine rings is 1. The summed E-state index contributed by atoms with van der Waals surface area (Å²) >= 11 is 0. The minimum Gasteiger partial charge on any atom is -0.367 e. The molecule has 1 aromatic heterocycles. The average molecular weight is 337 g/mol. The van der Waals surface area contributed by atoms with Gasteiger partial charge in [0.1, 0.15) is 5.82 Å². The molecule has 5 nitrogen and oxygen atoms in total. The molecule has 1 aromatic carbocycles. The zero-order valence-corrected chi connectivity index (χ0v) is 15.0. The van der Waals surface area contributed by atoms with Crippen LogP contribution >= 0.6 is 0 Å². The van der Waals surface area contributed by atoms with Crippen molar-refractivity contribution in [2.75, 3.05) is 69.2 Å². The summed E-state index contributed by atoms with van der Waals surface area (Å²) in [5.74, 6) is 1.04. The first-order valence-corrected chi connectivity index (χ1v) is 9.25. The lowest BCUT2D eigenvalue weighted by atomic mass is 10.1. The number of likely N-dealkylation sites (N-methyl/N-ethyl adjacent to an activating group) is 1. The highest BCUT2D eigenvalue weighted by molar-refractivity contribution is 5.78. The molecular weight excluding hydrogens is 310 g/mol. The maximum atomic E-state index is 4.55. The van der Waals surface area contributed by atoms with Gasteiger partial charge in [0.05, 0.1) is 11.4 Å². The molecule has 132 valence electrons. The second-order valence-corrected chi connectivity index (χ2v) is 6.96. The van der Waals surface area contributed by atoms with Crippen LogP contribution in [0.4, 0.5) is 17.2 Å². The lowest BCUT2D eigenvalue weighted by Gasteiger charge is -2.40. The van der Waals surface area contributed by atoms with E-state index in [1.807, 2.05) is 12.3 Å². The summed E-state index contributed by atoms with van der Waals surface area (Å²) in [7, 11) is 2.21. The topological polar surface area (TPSA) is 25.9 Å². The predicted molar refractivity (Wildman–Crippen MR) is 104 cm³/mol. The molecule has 0 atom stereocenters. The van der Waals surface area contributed by atoms with Gasteiger partial charge in [-0.15, -0.1) is 0 Å². The quantitative estimate of drug-likeness (QED) is 0.853. The molecule has 0 unspecified atom stereocenters. The van der Waals surface area contributed by atoms with Gasteiger partial charge in [0.25, 0.3) is 0 Å². The third-order valence-corrected chi connectivity index (χ3v) is 5.31. The van der Waals surface area contributed by atoms with Crippen molar-refractivity contribution in [3.05, 3.63) is 48.7 Å². The predicted octanol–water partition coefficient (Wildman–Crippen LogP) is 2.29. The van der Waals surface area contributed by atoms with Gasteiger partial charge in [-0.2, -0.15) is 0 Å². The molecule has 0 aliphatic carbocycles. The van der Waals surface area contributed by atoms with E-state index in [1.54, 1.807) is 0 Å². The molecule has 0 radical (unpaired) electrons. The van der Waals surface area contributed by atoms with Gasteiger partial charge in [-0.05, 0) is 31.3 Å². The van der Waals surface area contributed by atoms with Gasteiger partial charge >= 0.3 is 0 Å². The van der Waals surface area contributed by atoms with E-state index in [2.05, 4.69) is 68.0 Å². The van der Waals surface area contributed by atoms with Crippen LogP contribution in [0.1, 0.15) is 0 Å². The number of benzene rings is 1. The van der Waals surface area contributed by atoms with Crippen molar-refractivity contribution in [3.63, 3.8) is 0 Å². The van der Waals surface area contributed by atoms with Crippen LogP contribution in [0, 0.1) is 0 Å². The Morgan fingerprint density at radius 2 is 1.56 bits per heavy atom. The maximum Gasteiger partial charge on any atom is 0.133 e. The molecule has 0 bridgehead atoms. The van der Waals surface area contributed by atoms with Gasteiger partial charge in [0, 0.05) is 58.6 Å². The molecule has 5 heteroatoms. The summed E-state index contributed by atoms with van der Waals surface area (Å²) in [4.78, 5) is 14.4. The minimum absolute atomic E-state index is 0.983. The number of nitrogens with zero attached hydrogens (tertiary/aromatic N) is 5. The summed E-state index contributed by atoms with van der Waals surface area (Å²) in [6, 6.07) is 14.9. The van der Waals surface area contributed by atoms with E-state index < -0.39 is 0 Å². The van der Waals surface area contributed by atoms with Crippen molar-refractivity contribution in [2.45, 2.75) is 0 Å². The van der Waals surface area contributed by atoms with Gasteiger partial charge in [0.2, 0.25) is 0 Å². The number of hydrogen-bond acceptors (Lipinski definition) is 5. The van der Waals surface area contributed by atoms with Gasteiger partial charge < -0.3 is 14.7 Å². The molecule has 2 aromatic rings. The van der Waals surface area contributed by atoms with Crippen LogP contribution in [0.25, 0.3) is 0 Å². The molecule has 2 aliphatic heterocycles. The van der Waals surface area contributed by atoms with Crippen molar-refractivity contribution < 1.29 is 0 Å². The monoisotopic (exact) mass is 337 g/mol. The third-order valence-electron chi connectivity index (χ3n) is 5.31. The van der Waals surface area contributed by atoms with Crippen molar-refractivity contribution in [1.82, 2.24) is 14.8 Å². The van der Waals surface area contributed by atoms with E-state index in [-0.39, 0.29) is 0 Å². The van der Waals surface area contributed by atoms with Crippen LogP contribution in [0.15, 0.2) is 48.7 Å². The molecule has 1 fully saturated rings. The Morgan fingerprint density at radius 1 is 0.800 bits per heavy atom. The third kappa shape index (κ3) is 3.62. The van der Waals surface area contributed by atoms with E-state index in [9.17, 15) is 0 Å². The van der Waals surface area contributed by atoms with Crippen LogP contribution in [0.3, 0.4) is 0 Å². The van der Waals surface area contributed by atoms with E-state index in [1.165, 1.54) is 37.6 Å². The molecule has 2 aliphatic rings. The number of para-hydroxylation sites is 2. The van der Waals surface area contributed by atoms with Crippen LogP contribution in [-0.4, -0.2) is 74.2 Å². The minimum atomic E-state index is 0.983. The Labute approximate surface area is 150 Å². The first-order chi connectivity index (χ1) is 12.3. The fraction of sp³-hybridized carbons (Fsp3) is 0.450. The largest absolute Gasteiger partial charge is 0.367 e. The van der Waals surface area contributed by atoms with Crippen molar-refractivity contribution in [1.29, 1.82) is 0 Å². The number of hydrogen-bond donors (Lipinski definition) is 0. The highest BCUT2D eigenvalue weighted by Gasteiger charge is 2.24. The fourth-order valence-electron chi connectivity index (χ4n) is 3.74. The lowest BCUT2D eigenvalue weighted by Crippen LogP contribution is -2.48. The molecule has 0 spiro atoms. The van der Waals surface area contributed by atoms with E-state index in [4.69, 9.17) is 0 Å². The fourth-order valence-corrected chi connectivity index (χ4v) is 3.74. The van der Waals surface area contributed by atoms with Gasteiger partial charge in [0.15, 0.2) is 0 Å². The molecule has 0 saturated carbocycles. The summed E-state index contributed by atoms with van der Waals surface area (Å²) < 4.78 is 0. The second kappa shape index (κ2) is 7.42. The first-order valence-electron chi connectivity index (χ1n) is 9.25. The SMILES string of the molecule is CN1CCN(CCN2CCN(c3ccccn3)c3ccccc32)CC1. The van der Waals surface area contributed by atoms with Crippen molar-refractivity contribution >= 4 is 17.2 Å². The van der Waals surface area contributed by atoms with Crippen LogP contribution < -0.4 is 9.80 Å². The number of aromatic nitrogens is 1. The summed E-state index contributed by atoms with van der Waals surface area (Å²) in [6.45, 7) is 9.01. The maximum absolute atomic E-state index is 4.55. The highest BCUT2D eigenvalue weighted by atomic mass is 15.3. The Hall–Kier alpha value is -2.11. The highest BCUT2D eigenvalue weighted by Crippen LogP contribution is 2.36. The van der Waals surface area contributed by atoms with Crippen LogP contribution in [0.5, 0.6) is 0 Å². The standard InChI is InChI=1S/C20H27N5/c1-22-10-12-23(13-11-22)14-15-24-16-17-25(20-8-4-5-9-21-20)19-7-3-2-6-18(19)24/h2-9H,10-17H2,1H3. The average Bonchev–Trinajstić information content (AvgIpc) is 2.68. The summed E-state index contributed by atoms with van der Waals surface area (Å²) in [5.41, 5.74) is 2.60. The van der Waals surface area contributed by atoms with Gasteiger partial charge in [-0.1, -0.05) is 18.2 Å². The van der Waals surface area contributed by atoms with E-state index in [0.29, 0.717) is 0 Å². The molecule has 4 rings (SSSR count). The Bertz CT molecular complexity index is 681. The Morgan fingerprint density at radius 3 is 2.32 bits per heavy atom. The Kier molecular flexibility index (Phi) is 4.85. The van der Waals surface area contributed by atoms with Gasteiger partial charge in [-0.3, -0.25) is 4.90 Å². The molecule has 0 amide bonds. The van der Waals surface area contributed by atoms with E-state index >= 15 is 0 Å². The van der Waals surface area contributed by atoms with Gasteiger partial charge in [-0.25, -0.2) is 4.98 Å². The molecule has 1 saturated heterocycles. The normalized spacial score (nSPS) is 19.1. The molecule has 3 heterocycles. The zero-order chi connectivity index (χ0) is 17.1. The number of fused-ring (bicyclic) bond motifs is 1. The molecule has 25 heavy (non-hydrogen) atoms. The number of pyridine rings is 1. The number of rotatable bonds is 4. The smallest absolute Gasteiger partial charge is 0.133 e. The zero-order valence-electron chi connectivity index (χ0n) is 15.0. The lowest BCUT2D eigenvalue weighted by molar-refractivity contribution is 0.157. The first kappa shape index (κ1) is 16.4. The molecular formula is C20H27N5. The van der Waals surface area contributed by atoms with Crippen molar-refractivity contribution in [3.8, 4) is 0 Å². The summed E-state index contributed by atoms with van der Waals surface area (Å²) in [5, 5.41) is 0. The Balaban J connectivity index is 1.47. The summed E-state index contributed by atoms with van der Waals surface area (Å²) in [6.07, 6.45) is 1.87. The van der Waals surface area contributed by atoms with Crippen molar-refractivity contribution in [2.24, 2.45) is 0 Å². The van der Waals surface area contributed by atoms with Crippen LogP contribution in [-0.2, 0) is 0 Å².